The lowest BCUT2D eigenvalue weighted by molar-refractivity contribution is -0.130. The first-order valence-electron chi connectivity index (χ1n) is 7.38. The summed E-state index contributed by atoms with van der Waals surface area (Å²) in [5.41, 5.74) is 1.58. The van der Waals surface area contributed by atoms with E-state index in [1.807, 2.05) is 18.3 Å². The summed E-state index contributed by atoms with van der Waals surface area (Å²) in [6, 6.07) is 4.03. The van der Waals surface area contributed by atoms with Gasteiger partial charge in [-0.25, -0.2) is 0 Å². The molecule has 2 saturated heterocycles. The third-order valence-corrected chi connectivity index (χ3v) is 4.73. The molecule has 1 amide bonds. The minimum absolute atomic E-state index is 0.324. The Morgan fingerprint density at radius 3 is 2.89 bits per heavy atom. The fourth-order valence-electron chi connectivity index (χ4n) is 3.44. The number of aryl methyl sites for hydroxylation is 1. The highest BCUT2D eigenvalue weighted by Gasteiger charge is 2.40. The molecule has 0 radical (unpaired) electrons. The fraction of sp³-hybridized carbons (Fsp3) is 0.667. The van der Waals surface area contributed by atoms with Crippen molar-refractivity contribution in [3.63, 3.8) is 0 Å². The van der Waals surface area contributed by atoms with Gasteiger partial charge in [-0.2, -0.15) is 0 Å². The number of hydrogen-bond donors (Lipinski definition) is 2. The summed E-state index contributed by atoms with van der Waals surface area (Å²) < 4.78 is 0. The third kappa shape index (κ3) is 2.84. The van der Waals surface area contributed by atoms with E-state index in [1.54, 1.807) is 0 Å². The predicted molar refractivity (Wildman–Crippen MR) is 74.8 cm³/mol. The second kappa shape index (κ2) is 5.37. The monoisotopic (exact) mass is 261 g/mol. The first kappa shape index (κ1) is 12.7. The molecule has 0 unspecified atom stereocenters. The fourth-order valence-corrected chi connectivity index (χ4v) is 3.44. The zero-order valence-corrected chi connectivity index (χ0v) is 11.5. The first-order valence-corrected chi connectivity index (χ1v) is 7.38. The number of rotatable bonds is 3. The van der Waals surface area contributed by atoms with Crippen LogP contribution in [0.5, 0.6) is 0 Å². The summed E-state index contributed by atoms with van der Waals surface area (Å²) in [4.78, 5) is 17.5. The number of amides is 1. The Labute approximate surface area is 114 Å². The van der Waals surface area contributed by atoms with E-state index < -0.39 is 0 Å². The van der Waals surface area contributed by atoms with Gasteiger partial charge >= 0.3 is 0 Å². The summed E-state index contributed by atoms with van der Waals surface area (Å²) in [6.45, 7) is 4.18. The summed E-state index contributed by atoms with van der Waals surface area (Å²) >= 11 is 0. The topological polar surface area (TPSA) is 48.1 Å². The van der Waals surface area contributed by atoms with Crippen LogP contribution < -0.4 is 5.32 Å². The molecular weight excluding hydrogens is 238 g/mol. The molecule has 2 aliphatic rings. The predicted octanol–water partition coefficient (Wildman–Crippen LogP) is 1.55. The van der Waals surface area contributed by atoms with Crippen molar-refractivity contribution in [2.45, 2.75) is 32.1 Å². The maximum Gasteiger partial charge on any atom is 0.222 e. The van der Waals surface area contributed by atoms with Crippen LogP contribution in [-0.2, 0) is 11.2 Å². The molecule has 1 spiro atoms. The van der Waals surface area contributed by atoms with Crippen LogP contribution in [0.15, 0.2) is 18.3 Å². The zero-order chi connectivity index (χ0) is 13.1. The molecule has 3 rings (SSSR count). The van der Waals surface area contributed by atoms with Crippen LogP contribution in [-0.4, -0.2) is 42.0 Å². The highest BCUT2D eigenvalue weighted by Crippen LogP contribution is 2.38. The standard InChI is InChI=1S/C15H23N3O/c19-14(4-3-13-2-1-8-17-13)18-11-7-15(12-18)5-9-16-10-6-15/h1-2,8,16-17H,3-7,9-12H2. The Kier molecular flexibility index (Phi) is 3.60. The van der Waals surface area contributed by atoms with Gasteiger partial charge in [-0.15, -0.1) is 0 Å². The molecule has 1 aromatic rings. The van der Waals surface area contributed by atoms with Gasteiger partial charge in [-0.1, -0.05) is 0 Å². The second-order valence-corrected chi connectivity index (χ2v) is 6.01. The van der Waals surface area contributed by atoms with Gasteiger partial charge in [0.25, 0.3) is 0 Å². The van der Waals surface area contributed by atoms with Gasteiger partial charge in [0.15, 0.2) is 0 Å². The molecule has 2 fully saturated rings. The molecule has 19 heavy (non-hydrogen) atoms. The number of nitrogens with zero attached hydrogens (tertiary/aromatic N) is 1. The van der Waals surface area contributed by atoms with Crippen molar-refractivity contribution in [3.05, 3.63) is 24.0 Å². The van der Waals surface area contributed by atoms with Gasteiger partial charge in [0.1, 0.15) is 0 Å². The van der Waals surface area contributed by atoms with Crippen molar-refractivity contribution in [1.82, 2.24) is 15.2 Å². The maximum absolute atomic E-state index is 12.3. The number of hydrogen-bond acceptors (Lipinski definition) is 2. The molecule has 0 bridgehead atoms. The zero-order valence-electron chi connectivity index (χ0n) is 11.5. The van der Waals surface area contributed by atoms with Gasteiger partial charge in [0, 0.05) is 31.4 Å². The van der Waals surface area contributed by atoms with Crippen molar-refractivity contribution in [2.24, 2.45) is 5.41 Å². The Bertz CT molecular complexity index is 421. The van der Waals surface area contributed by atoms with Crippen LogP contribution in [0.2, 0.25) is 0 Å². The first-order chi connectivity index (χ1) is 9.27. The highest BCUT2D eigenvalue weighted by molar-refractivity contribution is 5.76. The summed E-state index contributed by atoms with van der Waals surface area (Å²) in [6.07, 6.45) is 7.04. The van der Waals surface area contributed by atoms with Crippen molar-refractivity contribution in [2.75, 3.05) is 26.2 Å². The van der Waals surface area contributed by atoms with E-state index in [9.17, 15) is 4.79 Å². The number of nitrogens with one attached hydrogen (secondary N) is 2. The molecule has 104 valence electrons. The number of piperidine rings is 1. The molecule has 4 nitrogen and oxygen atoms in total. The Balaban J connectivity index is 1.51. The Hall–Kier alpha value is -1.29. The van der Waals surface area contributed by atoms with Gasteiger partial charge < -0.3 is 15.2 Å². The molecule has 0 saturated carbocycles. The van der Waals surface area contributed by atoms with E-state index in [-0.39, 0.29) is 0 Å². The molecule has 2 N–H and O–H groups in total. The van der Waals surface area contributed by atoms with Crippen LogP contribution in [0.25, 0.3) is 0 Å². The number of H-pyrrole nitrogens is 1. The van der Waals surface area contributed by atoms with Crippen LogP contribution in [0.4, 0.5) is 0 Å². The van der Waals surface area contributed by atoms with Crippen LogP contribution >= 0.6 is 0 Å². The smallest absolute Gasteiger partial charge is 0.222 e. The van der Waals surface area contributed by atoms with Crippen molar-refractivity contribution in [1.29, 1.82) is 0 Å². The SMILES string of the molecule is O=C(CCc1ccc[nH]1)N1CCC2(CCNCC2)C1. The third-order valence-electron chi connectivity index (χ3n) is 4.73. The number of carbonyl (C=O) groups is 1. The largest absolute Gasteiger partial charge is 0.365 e. The van der Waals surface area contributed by atoms with E-state index in [0.717, 1.165) is 38.3 Å². The molecule has 0 aliphatic carbocycles. The molecule has 3 heterocycles. The minimum Gasteiger partial charge on any atom is -0.365 e. The molecule has 1 aromatic heterocycles. The Morgan fingerprint density at radius 1 is 1.32 bits per heavy atom. The summed E-state index contributed by atoms with van der Waals surface area (Å²) in [7, 11) is 0. The maximum atomic E-state index is 12.3. The van der Waals surface area contributed by atoms with Crippen molar-refractivity contribution in [3.8, 4) is 0 Å². The molecule has 4 heteroatoms. The number of likely N-dealkylation sites (tertiary alicyclic amines) is 1. The molecule has 0 atom stereocenters. The van der Waals surface area contributed by atoms with Gasteiger partial charge in [-0.05, 0) is 56.3 Å². The van der Waals surface area contributed by atoms with Crippen molar-refractivity contribution < 1.29 is 4.79 Å². The molecule has 0 aromatic carbocycles. The van der Waals surface area contributed by atoms with Crippen LogP contribution in [0.1, 0.15) is 31.4 Å². The average molecular weight is 261 g/mol. The molecular formula is C15H23N3O. The number of aromatic amines is 1. The lowest BCUT2D eigenvalue weighted by Gasteiger charge is -2.33. The summed E-state index contributed by atoms with van der Waals surface area (Å²) in [5.74, 6) is 0.324. The molecule has 2 aliphatic heterocycles. The lowest BCUT2D eigenvalue weighted by atomic mass is 9.78. The highest BCUT2D eigenvalue weighted by atomic mass is 16.2. The van der Waals surface area contributed by atoms with Crippen LogP contribution in [0, 0.1) is 5.41 Å². The number of carbonyl (C=O) groups excluding carboxylic acids is 1. The van der Waals surface area contributed by atoms with E-state index in [2.05, 4.69) is 15.2 Å². The van der Waals surface area contributed by atoms with Gasteiger partial charge in [-0.3, -0.25) is 4.79 Å². The van der Waals surface area contributed by atoms with Gasteiger partial charge in [0.05, 0.1) is 0 Å². The average Bonchev–Trinajstić information content (AvgIpc) is 3.07. The van der Waals surface area contributed by atoms with Crippen molar-refractivity contribution >= 4 is 5.91 Å². The quantitative estimate of drug-likeness (QED) is 0.867. The minimum atomic E-state index is 0.324. The van der Waals surface area contributed by atoms with E-state index in [1.165, 1.54) is 19.3 Å². The van der Waals surface area contributed by atoms with Gasteiger partial charge in [0.2, 0.25) is 5.91 Å². The van der Waals surface area contributed by atoms with E-state index >= 15 is 0 Å². The van der Waals surface area contributed by atoms with Crippen LogP contribution in [0.3, 0.4) is 0 Å². The number of aromatic nitrogens is 1. The second-order valence-electron chi connectivity index (χ2n) is 6.01. The summed E-state index contributed by atoms with van der Waals surface area (Å²) in [5, 5.41) is 3.42. The Morgan fingerprint density at radius 2 is 2.16 bits per heavy atom. The lowest BCUT2D eigenvalue weighted by Crippen LogP contribution is -2.39. The van der Waals surface area contributed by atoms with E-state index in [4.69, 9.17) is 0 Å². The van der Waals surface area contributed by atoms with E-state index in [0.29, 0.717) is 17.7 Å². The normalized spacial score (nSPS) is 22.0.